The number of nitrogens with zero attached hydrogens (tertiary/aromatic N) is 2. The minimum Gasteiger partial charge on any atom is -0.342 e. The molecule has 0 spiro atoms. The Morgan fingerprint density at radius 3 is 2.37 bits per heavy atom. The molecule has 6 nitrogen and oxygen atoms in total. The fourth-order valence-corrected chi connectivity index (χ4v) is 5.06. The van der Waals surface area contributed by atoms with E-state index in [2.05, 4.69) is 28.2 Å². The molecule has 2 fully saturated rings. The van der Waals surface area contributed by atoms with Crippen molar-refractivity contribution in [2.45, 2.75) is 32.6 Å². The number of hydrogen-bond acceptors (Lipinski definition) is 4. The van der Waals surface area contributed by atoms with Crippen molar-refractivity contribution in [1.29, 1.82) is 0 Å². The lowest BCUT2D eigenvalue weighted by Crippen LogP contribution is -2.46. The van der Waals surface area contributed by atoms with E-state index in [0.29, 0.717) is 19.0 Å². The molecule has 0 saturated carbocycles. The van der Waals surface area contributed by atoms with Crippen LogP contribution >= 0.6 is 27.7 Å². The van der Waals surface area contributed by atoms with Crippen LogP contribution in [-0.4, -0.2) is 65.2 Å². The highest BCUT2D eigenvalue weighted by Gasteiger charge is 2.31. The van der Waals surface area contributed by atoms with E-state index in [4.69, 9.17) is 0 Å². The highest BCUT2D eigenvalue weighted by molar-refractivity contribution is 9.10. The Hall–Kier alpha value is -1.54. The maximum absolute atomic E-state index is 12.7. The third-order valence-corrected chi connectivity index (χ3v) is 7.27. The topological polar surface area (TPSA) is 69.7 Å². The quantitative estimate of drug-likeness (QED) is 0.654. The summed E-state index contributed by atoms with van der Waals surface area (Å²) in [7, 11) is 0. The van der Waals surface area contributed by atoms with E-state index in [9.17, 15) is 14.4 Å². The number of halogens is 1. The van der Waals surface area contributed by atoms with Crippen LogP contribution < -0.4 is 5.32 Å². The van der Waals surface area contributed by atoms with E-state index >= 15 is 0 Å². The Kier molecular flexibility index (Phi) is 8.62. The molecule has 8 heteroatoms. The first-order valence-electron chi connectivity index (χ1n) is 10.6. The van der Waals surface area contributed by atoms with Crippen LogP contribution in [0.25, 0.3) is 0 Å². The number of anilines is 1. The highest BCUT2D eigenvalue weighted by Crippen LogP contribution is 2.24. The molecule has 1 N–H and O–H groups in total. The van der Waals surface area contributed by atoms with Gasteiger partial charge in [-0.25, -0.2) is 0 Å². The average Bonchev–Trinajstić information content (AvgIpc) is 2.74. The fraction of sp³-hybridized carbons (Fsp3) is 0.591. The summed E-state index contributed by atoms with van der Waals surface area (Å²) in [4.78, 5) is 41.1. The molecule has 0 aromatic heterocycles. The number of rotatable bonds is 6. The van der Waals surface area contributed by atoms with Crippen molar-refractivity contribution in [3.63, 3.8) is 0 Å². The smallest absolute Gasteiger partial charge is 0.234 e. The van der Waals surface area contributed by atoms with Crippen LogP contribution in [0, 0.1) is 11.8 Å². The second-order valence-corrected chi connectivity index (χ2v) is 10.1. The van der Waals surface area contributed by atoms with Gasteiger partial charge in [0.05, 0.1) is 11.5 Å². The minimum atomic E-state index is -0.119. The number of amides is 3. The van der Waals surface area contributed by atoms with Crippen molar-refractivity contribution in [3.8, 4) is 0 Å². The van der Waals surface area contributed by atoms with E-state index in [0.717, 1.165) is 48.9 Å². The van der Waals surface area contributed by atoms with Crippen molar-refractivity contribution in [2.75, 3.05) is 43.0 Å². The second-order valence-electron chi connectivity index (χ2n) is 8.21. The summed E-state index contributed by atoms with van der Waals surface area (Å²) in [6, 6.07) is 7.42. The predicted octanol–water partition coefficient (Wildman–Crippen LogP) is 3.62. The summed E-state index contributed by atoms with van der Waals surface area (Å²) < 4.78 is 0.903. The van der Waals surface area contributed by atoms with Gasteiger partial charge < -0.3 is 15.1 Å². The van der Waals surface area contributed by atoms with Gasteiger partial charge in [0.1, 0.15) is 0 Å². The normalized spacial score (nSPS) is 18.3. The lowest BCUT2D eigenvalue weighted by molar-refractivity contribution is -0.141. The van der Waals surface area contributed by atoms with Crippen molar-refractivity contribution in [2.24, 2.45) is 11.8 Å². The summed E-state index contributed by atoms with van der Waals surface area (Å²) >= 11 is 4.70. The number of piperidine rings is 2. The number of thioether (sulfide) groups is 1. The molecule has 0 unspecified atom stereocenters. The van der Waals surface area contributed by atoms with Crippen LogP contribution in [0.3, 0.4) is 0 Å². The molecular weight excluding hydrogens is 466 g/mol. The fourth-order valence-electron chi connectivity index (χ4n) is 3.95. The number of carbonyl (C=O) groups excluding carboxylic acids is 3. The molecule has 30 heavy (non-hydrogen) atoms. The number of nitrogens with one attached hydrogen (secondary N) is 1. The molecule has 2 saturated heterocycles. The van der Waals surface area contributed by atoms with Gasteiger partial charge in [0.15, 0.2) is 0 Å². The predicted molar refractivity (Wildman–Crippen MR) is 124 cm³/mol. The highest BCUT2D eigenvalue weighted by atomic mass is 79.9. The zero-order chi connectivity index (χ0) is 21.5. The molecule has 3 amide bonds. The molecule has 2 aliphatic heterocycles. The average molecular weight is 496 g/mol. The standard InChI is InChI=1S/C22H30BrN3O3S/c1-16-5-9-26(10-6-16)22(29)17-7-11-25(12-8-17)21(28)15-30-14-20(27)24-19-4-2-3-18(23)13-19/h2-4,13,16-17H,5-12,14-15H2,1H3,(H,24,27). The first-order chi connectivity index (χ1) is 14.4. The molecule has 0 radical (unpaired) electrons. The number of hydrogen-bond donors (Lipinski definition) is 1. The van der Waals surface area contributed by atoms with Gasteiger partial charge in [-0.3, -0.25) is 14.4 Å². The Labute approximate surface area is 191 Å². The minimum absolute atomic E-state index is 0.0473. The lowest BCUT2D eigenvalue weighted by atomic mass is 9.92. The van der Waals surface area contributed by atoms with E-state index in [1.807, 2.05) is 34.1 Å². The molecule has 2 aliphatic rings. The van der Waals surface area contributed by atoms with Crippen molar-refractivity contribution < 1.29 is 14.4 Å². The van der Waals surface area contributed by atoms with Gasteiger partial charge in [0, 0.05) is 42.3 Å². The molecule has 3 rings (SSSR count). The van der Waals surface area contributed by atoms with Gasteiger partial charge in [0.2, 0.25) is 17.7 Å². The van der Waals surface area contributed by atoms with Crippen LogP contribution in [0.1, 0.15) is 32.6 Å². The van der Waals surface area contributed by atoms with Gasteiger partial charge in [-0.05, 0) is 49.8 Å². The third-order valence-electron chi connectivity index (χ3n) is 5.86. The first kappa shape index (κ1) is 23.1. The Morgan fingerprint density at radius 1 is 1.03 bits per heavy atom. The molecular formula is C22H30BrN3O3S. The van der Waals surface area contributed by atoms with Crippen LogP contribution in [-0.2, 0) is 14.4 Å². The zero-order valence-corrected chi connectivity index (χ0v) is 19.8. The zero-order valence-electron chi connectivity index (χ0n) is 17.4. The van der Waals surface area contributed by atoms with Gasteiger partial charge in [-0.1, -0.05) is 28.9 Å². The Morgan fingerprint density at radius 2 is 1.70 bits per heavy atom. The van der Waals surface area contributed by atoms with Crippen LogP contribution in [0.5, 0.6) is 0 Å². The summed E-state index contributed by atoms with van der Waals surface area (Å²) in [5, 5.41) is 2.83. The number of likely N-dealkylation sites (tertiary alicyclic amines) is 2. The van der Waals surface area contributed by atoms with Gasteiger partial charge in [-0.15, -0.1) is 11.8 Å². The third kappa shape index (κ3) is 6.74. The van der Waals surface area contributed by atoms with Crippen LogP contribution in [0.15, 0.2) is 28.7 Å². The van der Waals surface area contributed by atoms with E-state index in [1.54, 1.807) is 0 Å². The lowest BCUT2D eigenvalue weighted by Gasteiger charge is -2.36. The summed E-state index contributed by atoms with van der Waals surface area (Å²) in [5.41, 5.74) is 0.733. The maximum atomic E-state index is 12.7. The Balaban J connectivity index is 1.34. The number of benzene rings is 1. The Bertz CT molecular complexity index is 760. The first-order valence-corrected chi connectivity index (χ1v) is 12.6. The second kappa shape index (κ2) is 11.2. The number of carbonyl (C=O) groups is 3. The van der Waals surface area contributed by atoms with Gasteiger partial charge in [-0.2, -0.15) is 0 Å². The van der Waals surface area contributed by atoms with Gasteiger partial charge in [0.25, 0.3) is 0 Å². The SMILES string of the molecule is CC1CCN(C(=O)C2CCN(C(=O)CSCC(=O)Nc3cccc(Br)c3)CC2)CC1. The van der Waals surface area contributed by atoms with Crippen molar-refractivity contribution in [3.05, 3.63) is 28.7 Å². The molecule has 164 valence electrons. The van der Waals surface area contributed by atoms with E-state index in [1.165, 1.54) is 11.8 Å². The maximum Gasteiger partial charge on any atom is 0.234 e. The molecule has 2 heterocycles. The molecule has 1 aromatic rings. The van der Waals surface area contributed by atoms with Crippen LogP contribution in [0.2, 0.25) is 0 Å². The molecule has 0 bridgehead atoms. The van der Waals surface area contributed by atoms with Crippen LogP contribution in [0.4, 0.5) is 5.69 Å². The molecule has 0 atom stereocenters. The van der Waals surface area contributed by atoms with Crippen molar-refractivity contribution in [1.82, 2.24) is 9.80 Å². The van der Waals surface area contributed by atoms with E-state index in [-0.39, 0.29) is 35.1 Å². The molecule has 0 aliphatic carbocycles. The monoisotopic (exact) mass is 495 g/mol. The summed E-state index contributed by atoms with van der Waals surface area (Å²) in [6.45, 7) is 5.25. The van der Waals surface area contributed by atoms with Crippen molar-refractivity contribution >= 4 is 51.1 Å². The summed E-state index contributed by atoms with van der Waals surface area (Å²) in [5.74, 6) is 1.48. The van der Waals surface area contributed by atoms with E-state index < -0.39 is 0 Å². The van der Waals surface area contributed by atoms with Gasteiger partial charge >= 0.3 is 0 Å². The molecule has 1 aromatic carbocycles. The summed E-state index contributed by atoms with van der Waals surface area (Å²) in [6.07, 6.45) is 3.67. The largest absolute Gasteiger partial charge is 0.342 e.